The average Bonchev–Trinajstić information content (AvgIpc) is 3.23. The van der Waals surface area contributed by atoms with Crippen molar-refractivity contribution in [1.82, 2.24) is 10.6 Å². The van der Waals surface area contributed by atoms with Gasteiger partial charge in [0.2, 0.25) is 5.91 Å². The third-order valence-electron chi connectivity index (χ3n) is 6.71. The number of halogens is 2. The lowest BCUT2D eigenvalue weighted by molar-refractivity contribution is -0.155. The summed E-state index contributed by atoms with van der Waals surface area (Å²) in [5, 5.41) is 15.1. The summed E-state index contributed by atoms with van der Waals surface area (Å²) < 4.78 is 29.1. The summed E-state index contributed by atoms with van der Waals surface area (Å²) >= 11 is 0. The van der Waals surface area contributed by atoms with E-state index in [1.165, 1.54) is 39.2 Å². The van der Waals surface area contributed by atoms with Crippen molar-refractivity contribution in [3.05, 3.63) is 34.9 Å². The van der Waals surface area contributed by atoms with Gasteiger partial charge in [-0.2, -0.15) is 0 Å². The van der Waals surface area contributed by atoms with Gasteiger partial charge in [0.1, 0.15) is 5.41 Å². The van der Waals surface area contributed by atoms with E-state index in [9.17, 15) is 23.5 Å². The van der Waals surface area contributed by atoms with Gasteiger partial charge in [-0.1, -0.05) is 64.0 Å². The number of aliphatic carboxylic acids is 1. The van der Waals surface area contributed by atoms with Gasteiger partial charge in [-0.15, -0.1) is 0 Å². The number of hydrogen-bond acceptors (Lipinski definition) is 3. The molecule has 7 heteroatoms. The smallest absolute Gasteiger partial charge is 0.319 e. The molecule has 2 unspecified atom stereocenters. The maximum Gasteiger partial charge on any atom is 0.319 e. The molecule has 0 spiro atoms. The van der Waals surface area contributed by atoms with Crippen molar-refractivity contribution in [1.29, 1.82) is 0 Å². The molecule has 1 aromatic carbocycles. The van der Waals surface area contributed by atoms with Crippen LogP contribution in [0.4, 0.5) is 8.78 Å². The monoisotopic (exact) mass is 452 g/mol. The fourth-order valence-corrected chi connectivity index (χ4v) is 4.62. The van der Waals surface area contributed by atoms with Crippen molar-refractivity contribution in [2.45, 2.75) is 96.6 Å². The number of benzene rings is 1. The summed E-state index contributed by atoms with van der Waals surface area (Å²) in [6, 6.07) is 3.00. The highest BCUT2D eigenvalue weighted by Crippen LogP contribution is 2.39. The molecule has 1 aliphatic carbocycles. The molecule has 0 aliphatic heterocycles. The van der Waals surface area contributed by atoms with E-state index in [1.54, 1.807) is 12.1 Å². The van der Waals surface area contributed by atoms with E-state index in [2.05, 4.69) is 17.6 Å². The van der Waals surface area contributed by atoms with Crippen LogP contribution in [0.1, 0.15) is 88.7 Å². The first-order valence-electron chi connectivity index (χ1n) is 12.0. The van der Waals surface area contributed by atoms with Gasteiger partial charge in [-0.25, -0.2) is 8.78 Å². The van der Waals surface area contributed by atoms with Gasteiger partial charge in [-0.3, -0.25) is 9.59 Å². The van der Waals surface area contributed by atoms with Crippen molar-refractivity contribution >= 4 is 11.9 Å². The maximum absolute atomic E-state index is 14.6. The lowest BCUT2D eigenvalue weighted by Gasteiger charge is -2.22. The van der Waals surface area contributed by atoms with Crippen molar-refractivity contribution in [3.8, 4) is 0 Å². The molecule has 1 aromatic rings. The van der Waals surface area contributed by atoms with E-state index >= 15 is 0 Å². The Morgan fingerprint density at radius 2 is 1.62 bits per heavy atom. The first kappa shape index (κ1) is 26.2. The van der Waals surface area contributed by atoms with Crippen LogP contribution in [0.5, 0.6) is 0 Å². The summed E-state index contributed by atoms with van der Waals surface area (Å²) in [7, 11) is 1.42. The molecule has 0 saturated heterocycles. The van der Waals surface area contributed by atoms with Crippen LogP contribution >= 0.6 is 0 Å². The molecule has 1 aliphatic rings. The van der Waals surface area contributed by atoms with E-state index in [4.69, 9.17) is 0 Å². The predicted octanol–water partition coefficient (Wildman–Crippen LogP) is 5.11. The fraction of sp³-hybridized carbons (Fsp3) is 0.680. The Morgan fingerprint density at radius 1 is 1.03 bits per heavy atom. The summed E-state index contributed by atoms with van der Waals surface area (Å²) in [4.78, 5) is 23.8. The second-order valence-electron chi connectivity index (χ2n) is 9.02. The number of aryl methyl sites for hydroxylation is 1. The molecule has 32 heavy (non-hydrogen) atoms. The van der Waals surface area contributed by atoms with Crippen LogP contribution in [0, 0.1) is 17.0 Å². The van der Waals surface area contributed by atoms with Crippen LogP contribution < -0.4 is 10.6 Å². The summed E-state index contributed by atoms with van der Waals surface area (Å²) in [5.41, 5.74) is -0.839. The molecule has 0 bridgehead atoms. The van der Waals surface area contributed by atoms with Gasteiger partial charge in [0.25, 0.3) is 0 Å². The van der Waals surface area contributed by atoms with Crippen molar-refractivity contribution in [2.75, 3.05) is 7.05 Å². The molecule has 0 aromatic heterocycles. The molecule has 1 saturated carbocycles. The molecule has 2 rings (SSSR count). The second kappa shape index (κ2) is 12.9. The fourth-order valence-electron chi connectivity index (χ4n) is 4.62. The number of carboxylic acids is 1. The molecular weight excluding hydrogens is 414 g/mol. The Labute approximate surface area is 190 Å². The zero-order chi connectivity index (χ0) is 23.6. The number of nitrogens with one attached hydrogen (secondary N) is 2. The van der Waals surface area contributed by atoms with Crippen LogP contribution in [0.15, 0.2) is 12.1 Å². The molecule has 180 valence electrons. The SMILES string of the molecule is CCCCCCCCCCc1ccc(CNC2CCC(C(=O)O)(C(=O)NC)C2)c(F)c1F. The van der Waals surface area contributed by atoms with Crippen LogP contribution in [-0.2, 0) is 22.6 Å². The third kappa shape index (κ3) is 6.74. The third-order valence-corrected chi connectivity index (χ3v) is 6.71. The van der Waals surface area contributed by atoms with E-state index in [0.29, 0.717) is 18.4 Å². The first-order valence-corrected chi connectivity index (χ1v) is 12.0. The summed E-state index contributed by atoms with van der Waals surface area (Å²) in [6.07, 6.45) is 10.6. The quantitative estimate of drug-likeness (QED) is 0.271. The second-order valence-corrected chi connectivity index (χ2v) is 9.02. The van der Waals surface area contributed by atoms with Crippen LogP contribution in [0.25, 0.3) is 0 Å². The van der Waals surface area contributed by atoms with Crippen molar-refractivity contribution in [2.24, 2.45) is 5.41 Å². The van der Waals surface area contributed by atoms with E-state index < -0.39 is 28.9 Å². The lowest BCUT2D eigenvalue weighted by atomic mass is 9.85. The zero-order valence-electron chi connectivity index (χ0n) is 19.4. The highest BCUT2D eigenvalue weighted by molar-refractivity contribution is 6.02. The number of unbranched alkanes of at least 4 members (excludes halogenated alkanes) is 7. The van der Waals surface area contributed by atoms with Gasteiger partial charge in [0.05, 0.1) is 0 Å². The van der Waals surface area contributed by atoms with E-state index in [0.717, 1.165) is 19.3 Å². The molecule has 5 nitrogen and oxygen atoms in total. The van der Waals surface area contributed by atoms with Gasteiger partial charge in [0.15, 0.2) is 11.6 Å². The molecule has 1 fully saturated rings. The van der Waals surface area contributed by atoms with Gasteiger partial charge in [-0.05, 0) is 37.7 Å². The number of carboxylic acid groups (broad SMARTS) is 1. The summed E-state index contributed by atoms with van der Waals surface area (Å²) in [6.45, 7) is 2.29. The zero-order valence-corrected chi connectivity index (χ0v) is 19.4. The number of amides is 1. The molecular formula is C25H38F2N2O3. The van der Waals surface area contributed by atoms with Crippen LogP contribution in [0.2, 0.25) is 0 Å². The lowest BCUT2D eigenvalue weighted by Crippen LogP contribution is -2.44. The average molecular weight is 453 g/mol. The molecule has 3 N–H and O–H groups in total. The molecule has 1 amide bonds. The van der Waals surface area contributed by atoms with Gasteiger partial charge in [0, 0.05) is 25.2 Å². The highest BCUT2D eigenvalue weighted by Gasteiger charge is 2.51. The normalized spacial score (nSPS) is 20.4. The Morgan fingerprint density at radius 3 is 2.25 bits per heavy atom. The largest absolute Gasteiger partial charge is 0.480 e. The summed E-state index contributed by atoms with van der Waals surface area (Å²) in [5.74, 6) is -3.30. The number of carbonyl (C=O) groups is 2. The Bertz CT molecular complexity index is 772. The van der Waals surface area contributed by atoms with Crippen molar-refractivity contribution < 1.29 is 23.5 Å². The number of hydrogen-bond donors (Lipinski definition) is 3. The Kier molecular flexibility index (Phi) is 10.6. The minimum atomic E-state index is -1.46. The van der Waals surface area contributed by atoms with Crippen LogP contribution in [-0.4, -0.2) is 30.1 Å². The standard InChI is InChI=1S/C25H38F2N2O3/c1-3-4-5-6-7-8-9-10-11-18-12-13-19(22(27)21(18)26)17-29-20-14-15-25(16-20,24(31)32)23(30)28-2/h12-13,20,29H,3-11,14-17H2,1-2H3,(H,28,30)(H,31,32). The van der Waals surface area contributed by atoms with E-state index in [1.807, 2.05) is 0 Å². The number of rotatable bonds is 14. The van der Waals surface area contributed by atoms with E-state index in [-0.39, 0.29) is 31.0 Å². The highest BCUT2D eigenvalue weighted by atomic mass is 19.2. The van der Waals surface area contributed by atoms with Gasteiger partial charge >= 0.3 is 5.97 Å². The van der Waals surface area contributed by atoms with Gasteiger partial charge < -0.3 is 15.7 Å². The minimum absolute atomic E-state index is 0.0922. The topological polar surface area (TPSA) is 78.4 Å². The molecule has 0 radical (unpaired) electrons. The predicted molar refractivity (Wildman–Crippen MR) is 121 cm³/mol. The van der Waals surface area contributed by atoms with Crippen LogP contribution in [0.3, 0.4) is 0 Å². The van der Waals surface area contributed by atoms with Crippen molar-refractivity contribution in [3.63, 3.8) is 0 Å². The minimum Gasteiger partial charge on any atom is -0.480 e. The molecule has 0 heterocycles. The number of carbonyl (C=O) groups excluding carboxylic acids is 1. The first-order chi connectivity index (χ1) is 15.4. The Balaban J connectivity index is 1.82. The maximum atomic E-state index is 14.6. The molecule has 2 atom stereocenters. The Hall–Kier alpha value is -2.02.